The number of rotatable bonds is 5. The number of thiazole rings is 1. The Kier molecular flexibility index (Phi) is 4.92. The van der Waals surface area contributed by atoms with Gasteiger partial charge in [0.1, 0.15) is 11.5 Å². The summed E-state index contributed by atoms with van der Waals surface area (Å²) in [5.74, 6) is 0.873. The zero-order chi connectivity index (χ0) is 17.1. The fourth-order valence-corrected chi connectivity index (χ4v) is 3.78. The average Bonchev–Trinajstić information content (AvgIpc) is 3.03. The Morgan fingerprint density at radius 1 is 1.17 bits per heavy atom. The van der Waals surface area contributed by atoms with Gasteiger partial charge in [0.15, 0.2) is 4.34 Å². The number of carbonyl (C=O) groups is 1. The van der Waals surface area contributed by atoms with E-state index >= 15 is 0 Å². The molecule has 0 spiro atoms. The second-order valence-electron chi connectivity index (χ2n) is 4.89. The molecule has 0 saturated carbocycles. The van der Waals surface area contributed by atoms with Crippen molar-refractivity contribution >= 4 is 44.9 Å². The second-order valence-corrected chi connectivity index (χ2v) is 6.97. The van der Waals surface area contributed by atoms with Gasteiger partial charge in [0, 0.05) is 11.8 Å². The molecule has 0 aliphatic heterocycles. The van der Waals surface area contributed by atoms with Gasteiger partial charge in [-0.15, -0.1) is 11.3 Å². The van der Waals surface area contributed by atoms with Crippen LogP contribution in [0.2, 0.25) is 0 Å². The summed E-state index contributed by atoms with van der Waals surface area (Å²) in [7, 11) is 3.10. The standard InChI is InChI=1S/C17H16N2O3S2/c1-21-11-5-6-12(14(9-11)22-2)16(20)18-10-4-7-13-15(8-10)24-17(19-13)23-3/h4-9H,1-3H3,(H,18,20). The lowest BCUT2D eigenvalue weighted by Gasteiger charge is -2.10. The SMILES string of the molecule is COc1ccc(C(=O)Nc2ccc3nc(SC)sc3c2)c(OC)c1. The molecule has 1 amide bonds. The molecule has 3 aromatic rings. The first kappa shape index (κ1) is 16.6. The summed E-state index contributed by atoms with van der Waals surface area (Å²) in [5, 5.41) is 2.90. The van der Waals surface area contributed by atoms with E-state index in [-0.39, 0.29) is 5.91 Å². The molecule has 7 heteroatoms. The quantitative estimate of drug-likeness (QED) is 0.688. The van der Waals surface area contributed by atoms with E-state index < -0.39 is 0 Å². The number of fused-ring (bicyclic) bond motifs is 1. The summed E-state index contributed by atoms with van der Waals surface area (Å²) >= 11 is 3.22. The van der Waals surface area contributed by atoms with Crippen molar-refractivity contribution in [3.63, 3.8) is 0 Å². The van der Waals surface area contributed by atoms with Crippen molar-refractivity contribution in [2.24, 2.45) is 0 Å². The Hall–Kier alpha value is -2.25. The summed E-state index contributed by atoms with van der Waals surface area (Å²) in [6.45, 7) is 0. The van der Waals surface area contributed by atoms with Crippen LogP contribution in [-0.4, -0.2) is 31.4 Å². The Balaban J connectivity index is 1.86. The average molecular weight is 360 g/mol. The van der Waals surface area contributed by atoms with E-state index in [0.29, 0.717) is 17.1 Å². The number of nitrogens with one attached hydrogen (secondary N) is 1. The Morgan fingerprint density at radius 3 is 2.71 bits per heavy atom. The van der Waals surface area contributed by atoms with E-state index in [2.05, 4.69) is 10.3 Å². The number of ether oxygens (including phenoxy) is 2. The van der Waals surface area contributed by atoms with E-state index in [1.54, 1.807) is 48.4 Å². The normalized spacial score (nSPS) is 10.6. The first-order chi connectivity index (χ1) is 11.6. The van der Waals surface area contributed by atoms with Crippen LogP contribution in [0.3, 0.4) is 0 Å². The fraction of sp³-hybridized carbons (Fsp3) is 0.176. The largest absolute Gasteiger partial charge is 0.497 e. The third-order valence-corrected chi connectivity index (χ3v) is 5.46. The minimum absolute atomic E-state index is 0.233. The van der Waals surface area contributed by atoms with Crippen LogP contribution in [0.4, 0.5) is 5.69 Å². The Bertz CT molecular complexity index is 893. The van der Waals surface area contributed by atoms with Crippen LogP contribution >= 0.6 is 23.1 Å². The number of methoxy groups -OCH3 is 2. The van der Waals surface area contributed by atoms with Crippen molar-refractivity contribution in [3.8, 4) is 11.5 Å². The molecule has 1 N–H and O–H groups in total. The maximum Gasteiger partial charge on any atom is 0.259 e. The number of amides is 1. The van der Waals surface area contributed by atoms with Crippen LogP contribution in [0.25, 0.3) is 10.2 Å². The molecule has 0 aliphatic carbocycles. The molecule has 3 rings (SSSR count). The van der Waals surface area contributed by atoms with E-state index in [1.165, 1.54) is 7.11 Å². The number of benzene rings is 2. The van der Waals surface area contributed by atoms with Gasteiger partial charge in [-0.25, -0.2) is 4.98 Å². The zero-order valence-electron chi connectivity index (χ0n) is 13.5. The molecule has 1 aromatic heterocycles. The van der Waals surface area contributed by atoms with Crippen LogP contribution in [0, 0.1) is 0 Å². The Labute approximate surface area is 148 Å². The molecular weight excluding hydrogens is 344 g/mol. The van der Waals surface area contributed by atoms with Gasteiger partial charge in [0.05, 0.1) is 30.0 Å². The van der Waals surface area contributed by atoms with Gasteiger partial charge in [-0.05, 0) is 36.6 Å². The van der Waals surface area contributed by atoms with Gasteiger partial charge in [-0.2, -0.15) is 0 Å². The molecule has 0 radical (unpaired) electrons. The van der Waals surface area contributed by atoms with Gasteiger partial charge in [-0.1, -0.05) is 11.8 Å². The van der Waals surface area contributed by atoms with Crippen molar-refractivity contribution < 1.29 is 14.3 Å². The number of hydrogen-bond acceptors (Lipinski definition) is 6. The monoisotopic (exact) mass is 360 g/mol. The highest BCUT2D eigenvalue weighted by molar-refractivity contribution is 8.00. The van der Waals surface area contributed by atoms with Crippen molar-refractivity contribution in [2.75, 3.05) is 25.8 Å². The minimum Gasteiger partial charge on any atom is -0.497 e. The van der Waals surface area contributed by atoms with Crippen LogP contribution in [0.1, 0.15) is 10.4 Å². The highest BCUT2D eigenvalue weighted by Crippen LogP contribution is 2.31. The molecule has 5 nitrogen and oxygen atoms in total. The van der Waals surface area contributed by atoms with Crippen LogP contribution in [0.5, 0.6) is 11.5 Å². The van der Waals surface area contributed by atoms with Crippen molar-refractivity contribution in [1.82, 2.24) is 4.98 Å². The van der Waals surface area contributed by atoms with Gasteiger partial charge in [0.2, 0.25) is 0 Å². The first-order valence-electron chi connectivity index (χ1n) is 7.12. The van der Waals surface area contributed by atoms with Crippen molar-refractivity contribution in [1.29, 1.82) is 0 Å². The topological polar surface area (TPSA) is 60.5 Å². The molecule has 1 heterocycles. The minimum atomic E-state index is -0.233. The van der Waals surface area contributed by atoms with E-state index in [1.807, 2.05) is 24.5 Å². The van der Waals surface area contributed by atoms with Gasteiger partial charge < -0.3 is 14.8 Å². The maximum absolute atomic E-state index is 12.5. The molecule has 2 aromatic carbocycles. The first-order valence-corrected chi connectivity index (χ1v) is 9.16. The third-order valence-electron chi connectivity index (χ3n) is 3.45. The van der Waals surface area contributed by atoms with E-state index in [4.69, 9.17) is 9.47 Å². The molecule has 0 fully saturated rings. The molecule has 24 heavy (non-hydrogen) atoms. The summed E-state index contributed by atoms with van der Waals surface area (Å²) in [4.78, 5) is 17.0. The summed E-state index contributed by atoms with van der Waals surface area (Å²) in [6.07, 6.45) is 2.00. The lowest BCUT2D eigenvalue weighted by atomic mass is 10.1. The molecule has 0 atom stereocenters. The second kappa shape index (κ2) is 7.11. The third kappa shape index (κ3) is 3.32. The highest BCUT2D eigenvalue weighted by Gasteiger charge is 2.14. The molecular formula is C17H16N2O3S2. The van der Waals surface area contributed by atoms with E-state index in [0.717, 1.165) is 20.2 Å². The van der Waals surface area contributed by atoms with Crippen LogP contribution in [0.15, 0.2) is 40.7 Å². The van der Waals surface area contributed by atoms with Crippen molar-refractivity contribution in [2.45, 2.75) is 4.34 Å². The predicted molar refractivity (Wildman–Crippen MR) is 98.9 cm³/mol. The summed E-state index contributed by atoms with van der Waals surface area (Å²) in [5.41, 5.74) is 2.11. The predicted octanol–water partition coefficient (Wildman–Crippen LogP) is 4.29. The van der Waals surface area contributed by atoms with Gasteiger partial charge in [-0.3, -0.25) is 4.79 Å². The summed E-state index contributed by atoms with van der Waals surface area (Å²) in [6, 6.07) is 10.8. The van der Waals surface area contributed by atoms with Crippen molar-refractivity contribution in [3.05, 3.63) is 42.0 Å². The number of carbonyl (C=O) groups excluding carboxylic acids is 1. The molecule has 0 aliphatic rings. The van der Waals surface area contributed by atoms with E-state index in [9.17, 15) is 4.79 Å². The number of thioether (sulfide) groups is 1. The summed E-state index contributed by atoms with van der Waals surface area (Å²) < 4.78 is 12.5. The number of anilines is 1. The van der Waals surface area contributed by atoms with Gasteiger partial charge in [0.25, 0.3) is 5.91 Å². The number of aromatic nitrogens is 1. The number of nitrogens with zero attached hydrogens (tertiary/aromatic N) is 1. The van der Waals surface area contributed by atoms with Crippen LogP contribution in [-0.2, 0) is 0 Å². The lowest BCUT2D eigenvalue weighted by molar-refractivity contribution is 0.102. The lowest BCUT2D eigenvalue weighted by Crippen LogP contribution is -2.13. The van der Waals surface area contributed by atoms with Gasteiger partial charge >= 0.3 is 0 Å². The zero-order valence-corrected chi connectivity index (χ0v) is 15.1. The smallest absolute Gasteiger partial charge is 0.259 e. The molecule has 0 unspecified atom stereocenters. The number of hydrogen-bond donors (Lipinski definition) is 1. The van der Waals surface area contributed by atoms with Crippen LogP contribution < -0.4 is 14.8 Å². The highest BCUT2D eigenvalue weighted by atomic mass is 32.2. The maximum atomic E-state index is 12.5. The molecule has 0 bridgehead atoms. The molecule has 124 valence electrons. The Morgan fingerprint density at radius 2 is 2.00 bits per heavy atom. The molecule has 0 saturated heterocycles. The fourth-order valence-electron chi connectivity index (χ4n) is 2.25.